The van der Waals surface area contributed by atoms with Gasteiger partial charge in [-0.25, -0.2) is 14.6 Å². The summed E-state index contributed by atoms with van der Waals surface area (Å²) in [6, 6.07) is 14.0. The number of ether oxygens (including phenoxy) is 4. The molecule has 0 aliphatic heterocycles. The van der Waals surface area contributed by atoms with E-state index < -0.39 is 23.5 Å². The molecule has 0 amide bonds. The summed E-state index contributed by atoms with van der Waals surface area (Å²) < 4.78 is 21.0. The lowest BCUT2D eigenvalue weighted by Gasteiger charge is -2.18. The molecule has 0 radical (unpaired) electrons. The van der Waals surface area contributed by atoms with Crippen molar-refractivity contribution in [2.24, 2.45) is 0 Å². The molecule has 2 aromatic carbocycles. The fourth-order valence-electron chi connectivity index (χ4n) is 3.97. The summed E-state index contributed by atoms with van der Waals surface area (Å²) in [6.45, 7) is 12.9. The fourth-order valence-corrected chi connectivity index (χ4v) is 4.82. The number of thioether (sulfide) groups is 1. The Kier molecular flexibility index (Phi) is 13.5. The summed E-state index contributed by atoms with van der Waals surface area (Å²) in [6.07, 6.45) is 6.25. The third-order valence-electron chi connectivity index (χ3n) is 5.97. The molecule has 3 aromatic rings. The molecule has 244 valence electrons. The van der Waals surface area contributed by atoms with Gasteiger partial charge in [-0.1, -0.05) is 62.9 Å². The number of aromatic nitrogens is 3. The summed E-state index contributed by atoms with van der Waals surface area (Å²) in [5.74, 6) is 2.68. The molecule has 0 atom stereocenters. The van der Waals surface area contributed by atoms with Gasteiger partial charge in [0.15, 0.2) is 5.16 Å². The zero-order valence-electron chi connectivity index (χ0n) is 27.5. The quantitative estimate of drug-likeness (QED) is 0.0786. The number of rotatable bonds is 14. The van der Waals surface area contributed by atoms with E-state index in [4.69, 9.17) is 23.9 Å². The van der Waals surface area contributed by atoms with Crippen molar-refractivity contribution in [1.29, 1.82) is 0 Å². The van der Waals surface area contributed by atoms with Gasteiger partial charge in [0, 0.05) is 17.9 Å². The van der Waals surface area contributed by atoms with Crippen LogP contribution in [0.15, 0.2) is 53.7 Å². The first-order valence-electron chi connectivity index (χ1n) is 15.4. The molecule has 1 heterocycles. The van der Waals surface area contributed by atoms with Crippen LogP contribution < -0.4 is 14.8 Å². The molecule has 11 heteroatoms. The smallest absolute Gasteiger partial charge is 0.428 e. The number of anilines is 2. The second-order valence-corrected chi connectivity index (χ2v) is 13.6. The number of nitrogens with one attached hydrogen (secondary N) is 1. The van der Waals surface area contributed by atoms with Gasteiger partial charge in [-0.05, 0) is 89.9 Å². The van der Waals surface area contributed by atoms with Gasteiger partial charge in [-0.2, -0.15) is 9.97 Å². The van der Waals surface area contributed by atoms with Crippen molar-refractivity contribution in [3.8, 4) is 11.5 Å². The van der Waals surface area contributed by atoms with Crippen LogP contribution in [0.3, 0.4) is 0 Å². The first-order chi connectivity index (χ1) is 21.3. The molecule has 0 aliphatic rings. The van der Waals surface area contributed by atoms with Crippen molar-refractivity contribution in [3.63, 3.8) is 0 Å². The lowest BCUT2D eigenvalue weighted by Crippen LogP contribution is -2.25. The minimum Gasteiger partial charge on any atom is -0.428 e. The second-order valence-electron chi connectivity index (χ2n) is 12.6. The first kappa shape index (κ1) is 35.6. The van der Waals surface area contributed by atoms with E-state index in [1.165, 1.54) is 32.1 Å². The van der Waals surface area contributed by atoms with Crippen molar-refractivity contribution in [2.45, 2.75) is 110 Å². The summed E-state index contributed by atoms with van der Waals surface area (Å²) in [4.78, 5) is 38.1. The molecule has 0 saturated heterocycles. The normalized spacial score (nSPS) is 11.5. The van der Waals surface area contributed by atoms with Gasteiger partial charge in [0.1, 0.15) is 28.5 Å². The van der Waals surface area contributed by atoms with Crippen LogP contribution in [-0.4, -0.2) is 44.2 Å². The van der Waals surface area contributed by atoms with Crippen molar-refractivity contribution >= 4 is 35.7 Å². The predicted molar refractivity (Wildman–Crippen MR) is 177 cm³/mol. The number of hydrogen-bond acceptors (Lipinski definition) is 11. The van der Waals surface area contributed by atoms with E-state index in [9.17, 15) is 9.59 Å². The van der Waals surface area contributed by atoms with Gasteiger partial charge < -0.3 is 24.3 Å². The summed E-state index contributed by atoms with van der Waals surface area (Å²) in [7, 11) is 0. The SMILES string of the molecule is CCCCCCCCSc1nc(Cc2ccc(OC(=O)OC(C)(C)C)cc2)nc(Nc2ccc(OC(=O)OC(C)(C)C)cc2)n1. The number of carbonyl (C=O) groups is 2. The highest BCUT2D eigenvalue weighted by atomic mass is 32.2. The van der Waals surface area contributed by atoms with Crippen LogP contribution in [0.1, 0.15) is 98.4 Å². The van der Waals surface area contributed by atoms with E-state index in [0.717, 1.165) is 23.4 Å². The fraction of sp³-hybridized carbons (Fsp3) is 0.500. The molecule has 0 spiro atoms. The van der Waals surface area contributed by atoms with Crippen LogP contribution in [0.25, 0.3) is 0 Å². The van der Waals surface area contributed by atoms with Crippen LogP contribution in [-0.2, 0) is 15.9 Å². The number of carbonyl (C=O) groups excluding carboxylic acids is 2. The average molecular weight is 639 g/mol. The lowest BCUT2D eigenvalue weighted by molar-refractivity contribution is 0.0193. The van der Waals surface area contributed by atoms with Crippen molar-refractivity contribution < 1.29 is 28.5 Å². The van der Waals surface area contributed by atoms with E-state index in [0.29, 0.717) is 34.8 Å². The third-order valence-corrected chi connectivity index (χ3v) is 6.90. The number of unbranched alkanes of at least 4 members (excludes halogenated alkanes) is 5. The van der Waals surface area contributed by atoms with E-state index >= 15 is 0 Å². The second kappa shape index (κ2) is 17.0. The molecule has 1 aromatic heterocycles. The topological polar surface area (TPSA) is 122 Å². The molecule has 1 N–H and O–H groups in total. The van der Waals surface area contributed by atoms with Gasteiger partial charge in [-0.15, -0.1) is 0 Å². The number of benzene rings is 2. The van der Waals surface area contributed by atoms with Crippen LogP contribution in [0.2, 0.25) is 0 Å². The van der Waals surface area contributed by atoms with Gasteiger partial charge in [0.05, 0.1) is 0 Å². The van der Waals surface area contributed by atoms with E-state index in [1.54, 1.807) is 89.7 Å². The molecular weight excluding hydrogens is 592 g/mol. The van der Waals surface area contributed by atoms with Crippen LogP contribution in [0.4, 0.5) is 21.2 Å². The number of nitrogens with zero attached hydrogens (tertiary/aromatic N) is 3. The van der Waals surface area contributed by atoms with E-state index in [2.05, 4.69) is 22.2 Å². The summed E-state index contributed by atoms with van der Waals surface area (Å²) in [5, 5.41) is 3.89. The van der Waals surface area contributed by atoms with Crippen LogP contribution in [0, 0.1) is 0 Å². The Morgan fingerprint density at radius 2 is 1.24 bits per heavy atom. The monoisotopic (exact) mass is 638 g/mol. The molecule has 0 fully saturated rings. The number of hydrogen-bond donors (Lipinski definition) is 1. The molecular formula is C34H46N4O6S. The van der Waals surface area contributed by atoms with Crippen LogP contribution >= 0.6 is 11.8 Å². The zero-order valence-corrected chi connectivity index (χ0v) is 28.3. The molecule has 10 nitrogen and oxygen atoms in total. The van der Waals surface area contributed by atoms with Crippen molar-refractivity contribution in [3.05, 3.63) is 59.9 Å². The zero-order chi connectivity index (χ0) is 32.9. The molecule has 45 heavy (non-hydrogen) atoms. The average Bonchev–Trinajstić information content (AvgIpc) is 2.92. The maximum Gasteiger partial charge on any atom is 0.514 e. The summed E-state index contributed by atoms with van der Waals surface area (Å²) in [5.41, 5.74) is 0.385. The highest BCUT2D eigenvalue weighted by Gasteiger charge is 2.19. The standard InChI is InChI=1S/C34H46N4O6S/c1-8-9-10-11-12-13-22-45-30-37-28(23-24-14-18-26(19-15-24)41-31(39)43-33(2,3)4)36-29(38-30)35-25-16-20-27(21-17-25)42-32(40)44-34(5,6)7/h14-21H,8-13,22-23H2,1-7H3,(H,35,36,37,38). The Hall–Kier alpha value is -3.86. The van der Waals surface area contributed by atoms with Gasteiger partial charge >= 0.3 is 12.3 Å². The third kappa shape index (κ3) is 14.6. The van der Waals surface area contributed by atoms with Gasteiger partial charge in [0.25, 0.3) is 0 Å². The van der Waals surface area contributed by atoms with Gasteiger partial charge in [-0.3, -0.25) is 0 Å². The van der Waals surface area contributed by atoms with Crippen LogP contribution in [0.5, 0.6) is 11.5 Å². The molecule has 0 saturated carbocycles. The highest BCUT2D eigenvalue weighted by molar-refractivity contribution is 7.99. The highest BCUT2D eigenvalue weighted by Crippen LogP contribution is 2.24. The maximum atomic E-state index is 12.0. The molecule has 0 unspecified atom stereocenters. The maximum absolute atomic E-state index is 12.0. The van der Waals surface area contributed by atoms with Crippen molar-refractivity contribution in [1.82, 2.24) is 15.0 Å². The van der Waals surface area contributed by atoms with E-state index in [-0.39, 0.29) is 0 Å². The minimum atomic E-state index is -0.762. The Labute approximate surface area is 271 Å². The Bertz CT molecular complexity index is 1280. The van der Waals surface area contributed by atoms with E-state index in [1.807, 2.05) is 12.1 Å². The minimum absolute atomic E-state index is 0.361. The largest absolute Gasteiger partial charge is 0.514 e. The lowest BCUT2D eigenvalue weighted by atomic mass is 10.1. The van der Waals surface area contributed by atoms with Crippen molar-refractivity contribution in [2.75, 3.05) is 11.1 Å². The Morgan fingerprint density at radius 1 is 0.711 bits per heavy atom. The summed E-state index contributed by atoms with van der Waals surface area (Å²) >= 11 is 1.62. The molecule has 0 bridgehead atoms. The van der Waals surface area contributed by atoms with Gasteiger partial charge in [0.2, 0.25) is 5.95 Å². The molecule has 0 aliphatic carbocycles. The predicted octanol–water partition coefficient (Wildman–Crippen LogP) is 9.29. The molecule has 3 rings (SSSR count). The Balaban J connectivity index is 1.69. The first-order valence-corrected chi connectivity index (χ1v) is 16.4. The Morgan fingerprint density at radius 3 is 1.80 bits per heavy atom.